The maximum atomic E-state index is 3.69. The van der Waals surface area contributed by atoms with Crippen LogP contribution in [0.4, 0.5) is 11.4 Å². The quantitative estimate of drug-likeness (QED) is 0.818. The molecule has 0 saturated heterocycles. The Labute approximate surface area is 127 Å². The van der Waals surface area contributed by atoms with Gasteiger partial charge in [-0.25, -0.2) is 0 Å². The van der Waals surface area contributed by atoms with Crippen molar-refractivity contribution in [3.05, 3.63) is 60.2 Å². The van der Waals surface area contributed by atoms with Crippen LogP contribution in [0.3, 0.4) is 0 Å². The van der Waals surface area contributed by atoms with Crippen LogP contribution in [0.2, 0.25) is 0 Å². The Bertz CT molecular complexity index is 527. The van der Waals surface area contributed by atoms with Gasteiger partial charge in [0.2, 0.25) is 0 Å². The monoisotopic (exact) mass is 280 g/mol. The molecule has 1 aliphatic carbocycles. The zero-order valence-corrected chi connectivity index (χ0v) is 12.5. The van der Waals surface area contributed by atoms with Gasteiger partial charge < -0.3 is 10.6 Å². The zero-order valence-electron chi connectivity index (χ0n) is 12.5. The fourth-order valence-corrected chi connectivity index (χ4v) is 2.96. The molecule has 0 atom stereocenters. The smallest absolute Gasteiger partial charge is 0.0384 e. The normalized spacial score (nSPS) is 15.8. The highest BCUT2D eigenvalue weighted by atomic mass is 14.9. The van der Waals surface area contributed by atoms with Crippen LogP contribution in [0.5, 0.6) is 0 Å². The molecule has 0 aromatic heterocycles. The molecule has 0 unspecified atom stereocenters. The highest BCUT2D eigenvalue weighted by Gasteiger charge is 2.12. The van der Waals surface area contributed by atoms with Crippen molar-refractivity contribution in [1.82, 2.24) is 5.32 Å². The molecule has 0 heterocycles. The summed E-state index contributed by atoms with van der Waals surface area (Å²) < 4.78 is 0. The van der Waals surface area contributed by atoms with Crippen LogP contribution < -0.4 is 10.6 Å². The van der Waals surface area contributed by atoms with Gasteiger partial charge in [0.15, 0.2) is 0 Å². The topological polar surface area (TPSA) is 24.1 Å². The van der Waals surface area contributed by atoms with E-state index in [1.54, 1.807) is 0 Å². The first kappa shape index (κ1) is 14.2. The minimum atomic E-state index is 0.723. The minimum absolute atomic E-state index is 0.723. The molecule has 2 heteroatoms. The van der Waals surface area contributed by atoms with Gasteiger partial charge in [-0.05, 0) is 42.7 Å². The molecule has 0 aliphatic heterocycles. The highest BCUT2D eigenvalue weighted by Crippen LogP contribution is 2.19. The summed E-state index contributed by atoms with van der Waals surface area (Å²) in [6.45, 7) is 0.982. The number of para-hydroxylation sites is 1. The van der Waals surface area contributed by atoms with E-state index in [1.165, 1.54) is 37.7 Å². The summed E-state index contributed by atoms with van der Waals surface area (Å²) in [6.07, 6.45) is 6.87. The lowest BCUT2D eigenvalue weighted by molar-refractivity contribution is 0.372. The van der Waals surface area contributed by atoms with E-state index in [4.69, 9.17) is 0 Å². The standard InChI is InChI=1S/C19H24N2/c1-3-7-17(8-4-1)20-15-16-11-13-19(14-12-16)21-18-9-5-2-6-10-18/h2,5-6,9-14,17,20-21H,1,3-4,7-8,15H2. The van der Waals surface area contributed by atoms with Crippen LogP contribution in [0.25, 0.3) is 0 Å². The number of nitrogens with one attached hydrogen (secondary N) is 2. The first-order valence-electron chi connectivity index (χ1n) is 8.04. The van der Waals surface area contributed by atoms with Crippen LogP contribution in [-0.4, -0.2) is 6.04 Å². The van der Waals surface area contributed by atoms with Crippen molar-refractivity contribution in [1.29, 1.82) is 0 Å². The van der Waals surface area contributed by atoms with Crippen molar-refractivity contribution in [2.24, 2.45) is 0 Å². The van der Waals surface area contributed by atoms with Crippen molar-refractivity contribution in [3.8, 4) is 0 Å². The van der Waals surface area contributed by atoms with Crippen molar-refractivity contribution >= 4 is 11.4 Å². The first-order chi connectivity index (χ1) is 10.4. The summed E-state index contributed by atoms with van der Waals surface area (Å²) in [5, 5.41) is 7.10. The molecule has 0 amide bonds. The third-order valence-electron chi connectivity index (χ3n) is 4.22. The fraction of sp³-hybridized carbons (Fsp3) is 0.368. The molecule has 1 aliphatic rings. The predicted octanol–water partition coefficient (Wildman–Crippen LogP) is 4.85. The van der Waals surface area contributed by atoms with Crippen LogP contribution in [0.1, 0.15) is 37.7 Å². The maximum absolute atomic E-state index is 3.69. The number of hydrogen-bond acceptors (Lipinski definition) is 2. The Morgan fingerprint density at radius 1 is 0.762 bits per heavy atom. The van der Waals surface area contributed by atoms with Gasteiger partial charge in [-0.3, -0.25) is 0 Å². The van der Waals surface area contributed by atoms with Crippen molar-refractivity contribution in [3.63, 3.8) is 0 Å². The molecule has 2 nitrogen and oxygen atoms in total. The second-order valence-electron chi connectivity index (χ2n) is 5.90. The Morgan fingerprint density at radius 3 is 2.14 bits per heavy atom. The molecule has 1 fully saturated rings. The average molecular weight is 280 g/mol. The molecule has 21 heavy (non-hydrogen) atoms. The SMILES string of the molecule is c1ccc(Nc2ccc(CNC3CCCCC3)cc2)cc1. The van der Waals surface area contributed by atoms with E-state index in [2.05, 4.69) is 47.0 Å². The summed E-state index contributed by atoms with van der Waals surface area (Å²) >= 11 is 0. The van der Waals surface area contributed by atoms with Gasteiger partial charge >= 0.3 is 0 Å². The molecule has 1 saturated carbocycles. The lowest BCUT2D eigenvalue weighted by atomic mass is 9.95. The summed E-state index contributed by atoms with van der Waals surface area (Å²) in [6, 6.07) is 19.7. The van der Waals surface area contributed by atoms with Crippen molar-refractivity contribution in [2.45, 2.75) is 44.7 Å². The van der Waals surface area contributed by atoms with Crippen LogP contribution in [-0.2, 0) is 6.54 Å². The van der Waals surface area contributed by atoms with Gasteiger partial charge in [0, 0.05) is 24.0 Å². The van der Waals surface area contributed by atoms with Crippen LogP contribution in [0, 0.1) is 0 Å². The van der Waals surface area contributed by atoms with Gasteiger partial charge in [-0.2, -0.15) is 0 Å². The molecule has 3 rings (SSSR count). The van der Waals surface area contributed by atoms with Crippen LogP contribution in [0.15, 0.2) is 54.6 Å². The van der Waals surface area contributed by atoms with Gasteiger partial charge in [0.05, 0.1) is 0 Å². The molecule has 0 spiro atoms. The molecule has 0 bridgehead atoms. The van der Waals surface area contributed by atoms with E-state index in [1.807, 2.05) is 18.2 Å². The van der Waals surface area contributed by atoms with Gasteiger partial charge in [-0.15, -0.1) is 0 Å². The van der Waals surface area contributed by atoms with E-state index in [-0.39, 0.29) is 0 Å². The molecular formula is C19H24N2. The first-order valence-corrected chi connectivity index (χ1v) is 8.04. The van der Waals surface area contributed by atoms with E-state index in [9.17, 15) is 0 Å². The molecule has 110 valence electrons. The number of rotatable bonds is 5. The summed E-state index contributed by atoms with van der Waals surface area (Å²) in [4.78, 5) is 0. The van der Waals surface area contributed by atoms with E-state index in [0.29, 0.717) is 0 Å². The van der Waals surface area contributed by atoms with Gasteiger partial charge in [-0.1, -0.05) is 49.6 Å². The zero-order chi connectivity index (χ0) is 14.3. The maximum Gasteiger partial charge on any atom is 0.0384 e. The van der Waals surface area contributed by atoms with E-state index in [0.717, 1.165) is 24.0 Å². The minimum Gasteiger partial charge on any atom is -0.356 e. The largest absolute Gasteiger partial charge is 0.356 e. The third kappa shape index (κ3) is 4.33. The molecule has 0 radical (unpaired) electrons. The fourth-order valence-electron chi connectivity index (χ4n) is 2.96. The summed E-state index contributed by atoms with van der Waals surface area (Å²) in [5.41, 5.74) is 3.63. The highest BCUT2D eigenvalue weighted by molar-refractivity contribution is 5.59. The second kappa shape index (κ2) is 7.28. The number of hydrogen-bond donors (Lipinski definition) is 2. The lowest BCUT2D eigenvalue weighted by Gasteiger charge is -2.22. The molecule has 2 aromatic carbocycles. The van der Waals surface area contributed by atoms with Crippen molar-refractivity contribution < 1.29 is 0 Å². The Morgan fingerprint density at radius 2 is 1.43 bits per heavy atom. The van der Waals surface area contributed by atoms with Gasteiger partial charge in [0.1, 0.15) is 0 Å². The summed E-state index contributed by atoms with van der Waals surface area (Å²) in [7, 11) is 0. The van der Waals surface area contributed by atoms with Crippen LogP contribution >= 0.6 is 0 Å². The van der Waals surface area contributed by atoms with Crippen molar-refractivity contribution in [2.75, 3.05) is 5.32 Å². The second-order valence-corrected chi connectivity index (χ2v) is 5.90. The number of anilines is 2. The average Bonchev–Trinajstić information content (AvgIpc) is 2.56. The Kier molecular flexibility index (Phi) is 4.90. The lowest BCUT2D eigenvalue weighted by Crippen LogP contribution is -2.30. The van der Waals surface area contributed by atoms with E-state index >= 15 is 0 Å². The molecule has 2 N–H and O–H groups in total. The predicted molar refractivity (Wildman–Crippen MR) is 89.9 cm³/mol. The van der Waals surface area contributed by atoms with Gasteiger partial charge in [0.25, 0.3) is 0 Å². The molecule has 2 aromatic rings. The molecular weight excluding hydrogens is 256 g/mol. The summed E-state index contributed by atoms with van der Waals surface area (Å²) in [5.74, 6) is 0. The third-order valence-corrected chi connectivity index (χ3v) is 4.22. The Balaban J connectivity index is 1.51. The number of benzene rings is 2. The Hall–Kier alpha value is -1.80. The van der Waals surface area contributed by atoms with E-state index < -0.39 is 0 Å².